The fraction of sp³-hybridized carbons (Fsp3) is 0. The summed E-state index contributed by atoms with van der Waals surface area (Å²) in [6.07, 6.45) is 0. The third kappa shape index (κ3) is 6.54. The van der Waals surface area contributed by atoms with Crippen molar-refractivity contribution in [3.8, 4) is 55.6 Å². The maximum atomic E-state index is 2.35. The van der Waals surface area contributed by atoms with Crippen molar-refractivity contribution in [1.82, 2.24) is 0 Å². The average molecular weight is 782 g/mol. The number of hydrogen-bond donors (Lipinski definition) is 0. The van der Waals surface area contributed by atoms with Gasteiger partial charge in [0.2, 0.25) is 0 Å². The van der Waals surface area contributed by atoms with Crippen LogP contribution in [0.3, 0.4) is 0 Å². The summed E-state index contributed by atoms with van der Waals surface area (Å²) in [6.45, 7) is 0. The second kappa shape index (κ2) is 15.3. The van der Waals surface area contributed by atoms with Gasteiger partial charge in [-0.25, -0.2) is 0 Å². The first-order valence-corrected chi connectivity index (χ1v) is 21.3. The van der Waals surface area contributed by atoms with E-state index in [9.17, 15) is 0 Å². The summed E-state index contributed by atoms with van der Waals surface area (Å²) < 4.78 is 2.66. The van der Waals surface area contributed by atoms with E-state index in [1.54, 1.807) is 0 Å². The van der Waals surface area contributed by atoms with E-state index >= 15 is 0 Å². The Morgan fingerprint density at radius 1 is 0.250 bits per heavy atom. The number of anilines is 3. The van der Waals surface area contributed by atoms with Crippen LogP contribution in [0.4, 0.5) is 17.1 Å². The summed E-state index contributed by atoms with van der Waals surface area (Å²) in [5.74, 6) is 0. The number of thiophene rings is 1. The van der Waals surface area contributed by atoms with E-state index in [1.807, 2.05) is 11.3 Å². The van der Waals surface area contributed by atoms with Gasteiger partial charge < -0.3 is 4.90 Å². The Morgan fingerprint density at radius 2 is 0.650 bits per heavy atom. The number of benzene rings is 10. The molecule has 1 nitrogen and oxygen atoms in total. The van der Waals surface area contributed by atoms with Gasteiger partial charge in [0.1, 0.15) is 0 Å². The van der Waals surface area contributed by atoms with Crippen LogP contribution in [0.2, 0.25) is 0 Å². The SMILES string of the molecule is c1ccc(-c2ccc(N(c3ccccc3)c3ccc(-c4ccc(-c5cccc(-c6cccc7c6sc6c(-c8cccc9ccccc89)cccc67)c5)cc4)cc3)cc2)cc1. The second-order valence-electron chi connectivity index (χ2n) is 15.3. The highest BCUT2D eigenvalue weighted by Crippen LogP contribution is 2.45. The molecule has 0 atom stereocenters. The molecule has 1 heterocycles. The first-order valence-electron chi connectivity index (χ1n) is 20.5. The topological polar surface area (TPSA) is 3.24 Å². The van der Waals surface area contributed by atoms with Crippen molar-refractivity contribution in [2.75, 3.05) is 4.90 Å². The zero-order valence-electron chi connectivity index (χ0n) is 32.9. The predicted octanol–water partition coefficient (Wildman–Crippen LogP) is 17.0. The van der Waals surface area contributed by atoms with Crippen LogP contribution in [0, 0.1) is 0 Å². The molecule has 282 valence electrons. The molecule has 0 spiro atoms. The Kier molecular flexibility index (Phi) is 9.11. The molecule has 2 heteroatoms. The number of fused-ring (bicyclic) bond motifs is 4. The molecule has 10 aromatic carbocycles. The molecule has 0 N–H and O–H groups in total. The molecule has 11 rings (SSSR count). The smallest absolute Gasteiger partial charge is 0.0462 e. The van der Waals surface area contributed by atoms with Crippen molar-refractivity contribution in [1.29, 1.82) is 0 Å². The lowest BCUT2D eigenvalue weighted by Crippen LogP contribution is -2.09. The molecule has 0 aliphatic rings. The third-order valence-electron chi connectivity index (χ3n) is 11.7. The van der Waals surface area contributed by atoms with Gasteiger partial charge in [0.25, 0.3) is 0 Å². The van der Waals surface area contributed by atoms with Crippen LogP contribution >= 0.6 is 11.3 Å². The molecular weight excluding hydrogens is 743 g/mol. The van der Waals surface area contributed by atoms with Gasteiger partial charge in [-0.2, -0.15) is 0 Å². The third-order valence-corrected chi connectivity index (χ3v) is 13.0. The zero-order chi connectivity index (χ0) is 39.8. The van der Waals surface area contributed by atoms with Crippen LogP contribution in [0.1, 0.15) is 0 Å². The summed E-state index contributed by atoms with van der Waals surface area (Å²) in [4.78, 5) is 2.32. The minimum absolute atomic E-state index is 1.12. The first kappa shape index (κ1) is 35.6. The highest BCUT2D eigenvalue weighted by atomic mass is 32.1. The molecular formula is C58H39NS. The lowest BCUT2D eigenvalue weighted by molar-refractivity contribution is 1.28. The van der Waals surface area contributed by atoms with Gasteiger partial charge in [-0.05, 0) is 103 Å². The fourth-order valence-electron chi connectivity index (χ4n) is 8.70. The molecule has 60 heavy (non-hydrogen) atoms. The van der Waals surface area contributed by atoms with E-state index in [-0.39, 0.29) is 0 Å². The van der Waals surface area contributed by atoms with Crippen LogP contribution in [0.15, 0.2) is 237 Å². The summed E-state index contributed by atoms with van der Waals surface area (Å²) in [7, 11) is 0. The van der Waals surface area contributed by atoms with Gasteiger partial charge in [0.05, 0.1) is 0 Å². The van der Waals surface area contributed by atoms with Gasteiger partial charge in [-0.15, -0.1) is 11.3 Å². The molecule has 0 unspecified atom stereocenters. The molecule has 0 saturated carbocycles. The molecule has 1 aromatic heterocycles. The molecule has 0 bridgehead atoms. The molecule has 0 radical (unpaired) electrons. The summed E-state index contributed by atoms with van der Waals surface area (Å²) in [5.41, 5.74) is 15.7. The average Bonchev–Trinajstić information content (AvgIpc) is 3.72. The first-order chi connectivity index (χ1) is 29.7. The van der Waals surface area contributed by atoms with E-state index in [4.69, 9.17) is 0 Å². The van der Waals surface area contributed by atoms with Crippen molar-refractivity contribution in [2.24, 2.45) is 0 Å². The van der Waals surface area contributed by atoms with Crippen LogP contribution in [-0.4, -0.2) is 0 Å². The standard InChI is InChI=1S/C58H39NS/c1-3-13-40(14-4-1)42-31-35-49(36-32-42)59(48-19-5-2-6-20-48)50-37-33-43(34-38-50)41-27-29-44(30-28-41)46-17-9-18-47(39-46)52-22-11-25-55-56-26-12-24-54(58(56)60-57(52)55)53-23-10-16-45-15-7-8-21-51(45)53/h1-39H. The summed E-state index contributed by atoms with van der Waals surface area (Å²) in [5, 5.41) is 5.18. The maximum Gasteiger partial charge on any atom is 0.0462 e. The van der Waals surface area contributed by atoms with Crippen molar-refractivity contribution in [3.05, 3.63) is 237 Å². The van der Waals surface area contributed by atoms with Gasteiger partial charge in [-0.1, -0.05) is 194 Å². The highest BCUT2D eigenvalue weighted by Gasteiger charge is 2.16. The molecule has 0 aliphatic heterocycles. The largest absolute Gasteiger partial charge is 0.311 e. The number of hydrogen-bond acceptors (Lipinski definition) is 2. The lowest BCUT2D eigenvalue weighted by Gasteiger charge is -2.26. The lowest BCUT2D eigenvalue weighted by atomic mass is 9.95. The van der Waals surface area contributed by atoms with Crippen LogP contribution in [0.25, 0.3) is 86.6 Å². The van der Waals surface area contributed by atoms with E-state index in [1.165, 1.54) is 86.6 Å². The van der Waals surface area contributed by atoms with Crippen molar-refractivity contribution >= 4 is 59.3 Å². The predicted molar refractivity (Wildman–Crippen MR) is 259 cm³/mol. The summed E-state index contributed by atoms with van der Waals surface area (Å²) in [6, 6.07) is 85.8. The normalized spacial score (nSPS) is 11.3. The van der Waals surface area contributed by atoms with Crippen molar-refractivity contribution < 1.29 is 0 Å². The summed E-state index contributed by atoms with van der Waals surface area (Å²) >= 11 is 1.91. The fourth-order valence-corrected chi connectivity index (χ4v) is 10.1. The number of para-hydroxylation sites is 1. The Hall–Kier alpha value is -7.52. The van der Waals surface area contributed by atoms with Gasteiger partial charge in [0, 0.05) is 42.8 Å². The molecule has 0 saturated heterocycles. The van der Waals surface area contributed by atoms with E-state index in [0.717, 1.165) is 17.1 Å². The second-order valence-corrected chi connectivity index (χ2v) is 16.3. The molecule has 0 aliphatic carbocycles. The van der Waals surface area contributed by atoms with E-state index in [0.29, 0.717) is 0 Å². The molecule has 0 fully saturated rings. The van der Waals surface area contributed by atoms with E-state index < -0.39 is 0 Å². The molecule has 0 amide bonds. The van der Waals surface area contributed by atoms with Crippen molar-refractivity contribution in [2.45, 2.75) is 0 Å². The van der Waals surface area contributed by atoms with Gasteiger partial charge in [-0.3, -0.25) is 0 Å². The van der Waals surface area contributed by atoms with Gasteiger partial charge >= 0.3 is 0 Å². The van der Waals surface area contributed by atoms with Crippen LogP contribution in [-0.2, 0) is 0 Å². The highest BCUT2D eigenvalue weighted by molar-refractivity contribution is 7.26. The maximum absolute atomic E-state index is 2.35. The van der Waals surface area contributed by atoms with Gasteiger partial charge in [0.15, 0.2) is 0 Å². The number of nitrogens with zero attached hydrogens (tertiary/aromatic N) is 1. The van der Waals surface area contributed by atoms with E-state index in [2.05, 4.69) is 241 Å². The monoisotopic (exact) mass is 781 g/mol. The van der Waals surface area contributed by atoms with Crippen LogP contribution < -0.4 is 4.90 Å². The Balaban J connectivity index is 0.885. The Labute approximate surface area is 354 Å². The minimum Gasteiger partial charge on any atom is -0.311 e. The Morgan fingerprint density at radius 3 is 1.32 bits per heavy atom. The zero-order valence-corrected chi connectivity index (χ0v) is 33.7. The number of rotatable bonds is 8. The quantitative estimate of drug-likeness (QED) is 0.148. The van der Waals surface area contributed by atoms with Crippen molar-refractivity contribution in [3.63, 3.8) is 0 Å². The van der Waals surface area contributed by atoms with Crippen LogP contribution in [0.5, 0.6) is 0 Å². The minimum atomic E-state index is 1.12. The molecule has 11 aromatic rings. The Bertz CT molecular complexity index is 3270.